The molecule has 1 rings (SSSR count). The molecule has 2 nitrogen and oxygen atoms in total. The van der Waals surface area contributed by atoms with Crippen LogP contribution in [0.1, 0.15) is 43.4 Å². The normalized spacial score (nSPS) is 11.1. The third kappa shape index (κ3) is 4.81. The van der Waals surface area contributed by atoms with Gasteiger partial charge in [0.15, 0.2) is 0 Å². The van der Waals surface area contributed by atoms with Crippen molar-refractivity contribution in [2.24, 2.45) is 0 Å². The average Bonchev–Trinajstić information content (AvgIpc) is 2.34. The van der Waals surface area contributed by atoms with Gasteiger partial charge in [0.1, 0.15) is 5.75 Å². The van der Waals surface area contributed by atoms with Crippen LogP contribution in [0, 0.1) is 13.8 Å². The largest absolute Gasteiger partial charge is 0.496 e. The molecule has 0 aliphatic rings. The summed E-state index contributed by atoms with van der Waals surface area (Å²) in [5.74, 6) is 1.05. The number of nitrogens with one attached hydrogen (secondary N) is 1. The second-order valence-corrected chi connectivity index (χ2v) is 6.23. The maximum Gasteiger partial charge on any atom is 0.125 e. The molecular formula is C16H26BrNO. The van der Waals surface area contributed by atoms with E-state index in [2.05, 4.69) is 55.0 Å². The number of aryl methyl sites for hydroxylation is 1. The van der Waals surface area contributed by atoms with Crippen molar-refractivity contribution in [3.63, 3.8) is 0 Å². The van der Waals surface area contributed by atoms with E-state index < -0.39 is 0 Å². The van der Waals surface area contributed by atoms with Crippen molar-refractivity contribution in [2.75, 3.05) is 13.7 Å². The number of hydrogen-bond acceptors (Lipinski definition) is 2. The molecule has 0 amide bonds. The Morgan fingerprint density at radius 2 is 1.95 bits per heavy atom. The number of hydrogen-bond donors (Lipinski definition) is 1. The van der Waals surface area contributed by atoms with Crippen LogP contribution in [0.4, 0.5) is 0 Å². The third-order valence-electron chi connectivity index (χ3n) is 3.40. The van der Waals surface area contributed by atoms with Crippen LogP contribution in [0.25, 0.3) is 0 Å². The van der Waals surface area contributed by atoms with Crippen molar-refractivity contribution in [3.05, 3.63) is 27.2 Å². The molecule has 0 aliphatic heterocycles. The minimum absolute atomic E-state index is 0.574. The van der Waals surface area contributed by atoms with E-state index in [0.717, 1.165) is 18.7 Å². The maximum absolute atomic E-state index is 5.57. The molecule has 0 radical (unpaired) electrons. The fraction of sp³-hybridized carbons (Fsp3) is 0.625. The summed E-state index contributed by atoms with van der Waals surface area (Å²) in [5, 5.41) is 3.46. The van der Waals surface area contributed by atoms with E-state index in [4.69, 9.17) is 4.74 Å². The monoisotopic (exact) mass is 327 g/mol. The molecule has 0 fully saturated rings. The zero-order valence-electron chi connectivity index (χ0n) is 12.8. The van der Waals surface area contributed by atoms with Crippen molar-refractivity contribution >= 4 is 15.9 Å². The molecule has 3 heteroatoms. The Balaban J connectivity index is 2.66. The Labute approximate surface area is 126 Å². The van der Waals surface area contributed by atoms with Gasteiger partial charge in [0.25, 0.3) is 0 Å². The predicted octanol–water partition coefficient (Wildman–Crippen LogP) is 4.40. The smallest absolute Gasteiger partial charge is 0.125 e. The first kappa shape index (κ1) is 16.5. The second kappa shape index (κ2) is 7.91. The van der Waals surface area contributed by atoms with Crippen molar-refractivity contribution in [1.82, 2.24) is 5.32 Å². The first-order valence-corrected chi connectivity index (χ1v) is 7.82. The van der Waals surface area contributed by atoms with Crippen LogP contribution in [0.15, 0.2) is 10.5 Å². The molecule has 0 atom stereocenters. The lowest BCUT2D eigenvalue weighted by atomic mass is 9.98. The van der Waals surface area contributed by atoms with Gasteiger partial charge in [-0.25, -0.2) is 0 Å². The minimum Gasteiger partial charge on any atom is -0.496 e. The topological polar surface area (TPSA) is 21.3 Å². The van der Waals surface area contributed by atoms with Crippen LogP contribution in [0.3, 0.4) is 0 Å². The van der Waals surface area contributed by atoms with Crippen LogP contribution < -0.4 is 10.1 Å². The summed E-state index contributed by atoms with van der Waals surface area (Å²) in [4.78, 5) is 0. The minimum atomic E-state index is 0.574. The lowest BCUT2D eigenvalue weighted by Crippen LogP contribution is -2.23. The Hall–Kier alpha value is -0.540. The average molecular weight is 328 g/mol. The molecule has 0 unspecified atom stereocenters. The van der Waals surface area contributed by atoms with Gasteiger partial charge in [0.05, 0.1) is 7.11 Å². The first-order valence-electron chi connectivity index (χ1n) is 7.03. The van der Waals surface area contributed by atoms with E-state index in [1.165, 1.54) is 34.0 Å². The van der Waals surface area contributed by atoms with Crippen LogP contribution in [-0.4, -0.2) is 19.7 Å². The third-order valence-corrected chi connectivity index (χ3v) is 4.22. The summed E-state index contributed by atoms with van der Waals surface area (Å²) in [6.45, 7) is 9.72. The second-order valence-electron chi connectivity index (χ2n) is 5.38. The summed E-state index contributed by atoms with van der Waals surface area (Å²) in [7, 11) is 1.76. The highest BCUT2D eigenvalue weighted by Gasteiger charge is 2.12. The molecule has 1 aromatic rings. The molecule has 19 heavy (non-hydrogen) atoms. The molecule has 0 heterocycles. The molecule has 1 aromatic carbocycles. The van der Waals surface area contributed by atoms with Gasteiger partial charge in [0.2, 0.25) is 0 Å². The molecule has 0 aromatic heterocycles. The van der Waals surface area contributed by atoms with Crippen molar-refractivity contribution < 1.29 is 4.74 Å². The zero-order chi connectivity index (χ0) is 14.4. The van der Waals surface area contributed by atoms with E-state index in [9.17, 15) is 0 Å². The van der Waals surface area contributed by atoms with Gasteiger partial charge < -0.3 is 10.1 Å². The SMILES string of the molecule is COc1c(C)cc(Br)c(C)c1CCCCNC(C)C. The summed E-state index contributed by atoms with van der Waals surface area (Å²) in [6, 6.07) is 2.71. The van der Waals surface area contributed by atoms with E-state index in [1.807, 2.05) is 0 Å². The number of halogens is 1. The summed E-state index contributed by atoms with van der Waals surface area (Å²) >= 11 is 3.63. The lowest BCUT2D eigenvalue weighted by Gasteiger charge is -2.16. The molecule has 1 N–H and O–H groups in total. The Morgan fingerprint density at radius 1 is 1.26 bits per heavy atom. The molecule has 0 bridgehead atoms. The molecule has 108 valence electrons. The fourth-order valence-corrected chi connectivity index (χ4v) is 2.90. The lowest BCUT2D eigenvalue weighted by molar-refractivity contribution is 0.405. The van der Waals surface area contributed by atoms with E-state index in [0.29, 0.717) is 6.04 Å². The van der Waals surface area contributed by atoms with Gasteiger partial charge in [-0.15, -0.1) is 0 Å². The van der Waals surface area contributed by atoms with Gasteiger partial charge in [-0.2, -0.15) is 0 Å². The highest BCUT2D eigenvalue weighted by molar-refractivity contribution is 9.10. The molecule has 0 spiro atoms. The number of rotatable bonds is 7. The standard InChI is InChI=1S/C16H26BrNO/c1-11(2)18-9-7-6-8-14-13(4)15(17)10-12(3)16(14)19-5/h10-11,18H,6-9H2,1-5H3. The number of ether oxygens (including phenoxy) is 1. The highest BCUT2D eigenvalue weighted by atomic mass is 79.9. The van der Waals surface area contributed by atoms with Crippen molar-refractivity contribution in [2.45, 2.75) is 53.0 Å². The number of benzene rings is 1. The fourth-order valence-electron chi connectivity index (χ4n) is 2.32. The van der Waals surface area contributed by atoms with Gasteiger partial charge in [-0.1, -0.05) is 29.8 Å². The maximum atomic E-state index is 5.57. The molecule has 0 saturated carbocycles. The van der Waals surface area contributed by atoms with E-state index in [1.54, 1.807) is 7.11 Å². The Kier molecular flexibility index (Phi) is 6.87. The van der Waals surface area contributed by atoms with Gasteiger partial charge in [-0.3, -0.25) is 0 Å². The van der Waals surface area contributed by atoms with Crippen molar-refractivity contribution in [3.8, 4) is 5.75 Å². The molecular weight excluding hydrogens is 302 g/mol. The van der Waals surface area contributed by atoms with E-state index in [-0.39, 0.29) is 0 Å². The summed E-state index contributed by atoms with van der Waals surface area (Å²) in [6.07, 6.45) is 3.47. The van der Waals surface area contributed by atoms with Gasteiger partial charge in [-0.05, 0) is 62.4 Å². The molecule has 0 aliphatic carbocycles. The highest BCUT2D eigenvalue weighted by Crippen LogP contribution is 2.33. The van der Waals surface area contributed by atoms with Crippen LogP contribution in [0.5, 0.6) is 5.75 Å². The summed E-state index contributed by atoms with van der Waals surface area (Å²) in [5.41, 5.74) is 3.86. The van der Waals surface area contributed by atoms with Crippen molar-refractivity contribution in [1.29, 1.82) is 0 Å². The number of methoxy groups -OCH3 is 1. The summed E-state index contributed by atoms with van der Waals surface area (Å²) < 4.78 is 6.75. The number of unbranched alkanes of at least 4 members (excludes halogenated alkanes) is 1. The van der Waals surface area contributed by atoms with E-state index >= 15 is 0 Å². The predicted molar refractivity (Wildman–Crippen MR) is 86.2 cm³/mol. The first-order chi connectivity index (χ1) is 8.97. The quantitative estimate of drug-likeness (QED) is 0.749. The Morgan fingerprint density at radius 3 is 2.53 bits per heavy atom. The van der Waals surface area contributed by atoms with Crippen LogP contribution in [-0.2, 0) is 6.42 Å². The van der Waals surface area contributed by atoms with Crippen LogP contribution >= 0.6 is 15.9 Å². The Bertz CT molecular complexity index is 416. The van der Waals surface area contributed by atoms with Crippen LogP contribution in [0.2, 0.25) is 0 Å². The molecule has 0 saturated heterocycles. The van der Waals surface area contributed by atoms with Gasteiger partial charge in [0, 0.05) is 10.5 Å². The zero-order valence-corrected chi connectivity index (χ0v) is 14.4. The van der Waals surface area contributed by atoms with Gasteiger partial charge >= 0.3 is 0 Å².